The lowest BCUT2D eigenvalue weighted by Gasteiger charge is -2.10. The molecule has 1 atom stereocenters. The van der Waals surface area contributed by atoms with E-state index in [1.807, 2.05) is 24.3 Å². The van der Waals surface area contributed by atoms with Crippen LogP contribution in [0.3, 0.4) is 0 Å². The largest absolute Gasteiger partial charge is 0.492 e. The van der Waals surface area contributed by atoms with Gasteiger partial charge in [-0.15, -0.1) is 0 Å². The van der Waals surface area contributed by atoms with Crippen molar-refractivity contribution in [2.45, 2.75) is 5.92 Å². The molecule has 0 bridgehead atoms. The number of carbonyl (C=O) groups excluding carboxylic acids is 1. The minimum absolute atomic E-state index is 0.135. The molecule has 0 spiro atoms. The Morgan fingerprint density at radius 3 is 2.76 bits per heavy atom. The van der Waals surface area contributed by atoms with Crippen molar-refractivity contribution in [2.24, 2.45) is 0 Å². The number of carboxylic acids is 1. The Kier molecular flexibility index (Phi) is 3.31. The summed E-state index contributed by atoms with van der Waals surface area (Å²) in [7, 11) is 0. The fourth-order valence-corrected chi connectivity index (χ4v) is 2.34. The number of anilines is 1. The molecule has 106 valence electrons. The first-order valence-electron chi connectivity index (χ1n) is 6.51. The van der Waals surface area contributed by atoms with Crippen LogP contribution >= 0.6 is 0 Å². The second kappa shape index (κ2) is 5.28. The second-order valence-electron chi connectivity index (χ2n) is 4.78. The average Bonchev–Trinajstić information content (AvgIpc) is 2.91. The van der Waals surface area contributed by atoms with Gasteiger partial charge in [-0.05, 0) is 24.3 Å². The number of aromatic carboxylic acids is 1. The SMILES string of the molecule is O=C(O)c1cccc(NC(=O)C2COc3ccccc32)c1. The zero-order chi connectivity index (χ0) is 14.8. The van der Waals surface area contributed by atoms with Crippen molar-refractivity contribution in [3.05, 3.63) is 59.7 Å². The van der Waals surface area contributed by atoms with E-state index < -0.39 is 5.97 Å². The van der Waals surface area contributed by atoms with E-state index in [1.54, 1.807) is 12.1 Å². The number of carboxylic acid groups (broad SMARTS) is 1. The summed E-state index contributed by atoms with van der Waals surface area (Å²) >= 11 is 0. The summed E-state index contributed by atoms with van der Waals surface area (Å²) in [6.07, 6.45) is 0. The smallest absolute Gasteiger partial charge is 0.335 e. The molecule has 1 amide bonds. The summed E-state index contributed by atoms with van der Waals surface area (Å²) in [5.74, 6) is -0.894. The molecule has 3 rings (SSSR count). The summed E-state index contributed by atoms with van der Waals surface area (Å²) in [5, 5.41) is 11.7. The number of nitrogens with one attached hydrogen (secondary N) is 1. The highest BCUT2D eigenvalue weighted by Crippen LogP contribution is 2.34. The number of amides is 1. The molecule has 1 unspecified atom stereocenters. The van der Waals surface area contributed by atoms with Crippen molar-refractivity contribution in [1.29, 1.82) is 0 Å². The van der Waals surface area contributed by atoms with Crippen molar-refractivity contribution in [3.8, 4) is 5.75 Å². The summed E-state index contributed by atoms with van der Waals surface area (Å²) < 4.78 is 5.48. The molecule has 21 heavy (non-hydrogen) atoms. The maximum Gasteiger partial charge on any atom is 0.335 e. The van der Waals surface area contributed by atoms with Crippen LogP contribution in [0.5, 0.6) is 5.75 Å². The molecule has 1 aliphatic rings. The zero-order valence-corrected chi connectivity index (χ0v) is 11.1. The molecular formula is C16H13NO4. The van der Waals surface area contributed by atoms with Gasteiger partial charge in [0.15, 0.2) is 0 Å². The molecule has 1 aliphatic heterocycles. The van der Waals surface area contributed by atoms with Gasteiger partial charge in [0.05, 0.1) is 5.56 Å². The number of benzene rings is 2. The number of rotatable bonds is 3. The zero-order valence-electron chi connectivity index (χ0n) is 11.1. The first kappa shape index (κ1) is 13.2. The molecule has 2 aromatic rings. The van der Waals surface area contributed by atoms with Gasteiger partial charge in [-0.2, -0.15) is 0 Å². The van der Waals surface area contributed by atoms with Crippen LogP contribution in [-0.4, -0.2) is 23.6 Å². The number of carbonyl (C=O) groups is 2. The third-order valence-corrected chi connectivity index (χ3v) is 3.39. The molecule has 0 aliphatic carbocycles. The Balaban J connectivity index is 1.79. The van der Waals surface area contributed by atoms with Gasteiger partial charge < -0.3 is 15.2 Å². The van der Waals surface area contributed by atoms with Crippen LogP contribution in [0.2, 0.25) is 0 Å². The Hall–Kier alpha value is -2.82. The van der Waals surface area contributed by atoms with Crippen LogP contribution in [0, 0.1) is 0 Å². The molecule has 5 heteroatoms. The number of hydrogen-bond acceptors (Lipinski definition) is 3. The highest BCUT2D eigenvalue weighted by molar-refractivity contribution is 5.98. The number of ether oxygens (including phenoxy) is 1. The molecule has 0 saturated heterocycles. The van der Waals surface area contributed by atoms with E-state index in [1.165, 1.54) is 12.1 Å². The first-order valence-corrected chi connectivity index (χ1v) is 6.51. The average molecular weight is 283 g/mol. The van der Waals surface area contributed by atoms with Gasteiger partial charge in [0, 0.05) is 11.3 Å². The lowest BCUT2D eigenvalue weighted by Crippen LogP contribution is -2.22. The van der Waals surface area contributed by atoms with Crippen LogP contribution in [0.4, 0.5) is 5.69 Å². The normalized spacial score (nSPS) is 15.9. The lowest BCUT2D eigenvalue weighted by atomic mass is 10.0. The van der Waals surface area contributed by atoms with Crippen LogP contribution in [0.1, 0.15) is 21.8 Å². The Morgan fingerprint density at radius 1 is 1.14 bits per heavy atom. The fourth-order valence-electron chi connectivity index (χ4n) is 2.34. The molecule has 1 heterocycles. The monoisotopic (exact) mass is 283 g/mol. The maximum absolute atomic E-state index is 12.3. The Bertz CT molecular complexity index is 711. The quantitative estimate of drug-likeness (QED) is 0.907. The number of hydrogen-bond donors (Lipinski definition) is 2. The highest BCUT2D eigenvalue weighted by atomic mass is 16.5. The highest BCUT2D eigenvalue weighted by Gasteiger charge is 2.30. The van der Waals surface area contributed by atoms with Crippen molar-refractivity contribution in [2.75, 3.05) is 11.9 Å². The van der Waals surface area contributed by atoms with Gasteiger partial charge in [-0.25, -0.2) is 4.79 Å². The van der Waals surface area contributed by atoms with E-state index in [4.69, 9.17) is 9.84 Å². The van der Waals surface area contributed by atoms with Gasteiger partial charge in [0.25, 0.3) is 0 Å². The molecule has 0 radical (unpaired) electrons. The van der Waals surface area contributed by atoms with Crippen LogP contribution in [0.15, 0.2) is 48.5 Å². The van der Waals surface area contributed by atoms with E-state index >= 15 is 0 Å². The lowest BCUT2D eigenvalue weighted by molar-refractivity contribution is -0.117. The van der Waals surface area contributed by atoms with E-state index in [0.717, 1.165) is 11.3 Å². The van der Waals surface area contributed by atoms with Crippen molar-refractivity contribution in [3.63, 3.8) is 0 Å². The summed E-state index contributed by atoms with van der Waals surface area (Å²) in [6.45, 7) is 0.295. The third-order valence-electron chi connectivity index (χ3n) is 3.39. The van der Waals surface area contributed by atoms with E-state index in [2.05, 4.69) is 5.32 Å². The molecule has 0 fully saturated rings. The Labute approximate surface area is 121 Å². The minimum atomic E-state index is -1.03. The summed E-state index contributed by atoms with van der Waals surface area (Å²) in [6, 6.07) is 13.6. The van der Waals surface area contributed by atoms with Crippen molar-refractivity contribution in [1.82, 2.24) is 0 Å². The minimum Gasteiger partial charge on any atom is -0.492 e. The van der Waals surface area contributed by atoms with Gasteiger partial charge in [-0.1, -0.05) is 24.3 Å². The van der Waals surface area contributed by atoms with Crippen LogP contribution in [-0.2, 0) is 4.79 Å². The maximum atomic E-state index is 12.3. The van der Waals surface area contributed by atoms with Gasteiger partial charge in [0.2, 0.25) is 5.91 Å². The summed E-state index contributed by atoms with van der Waals surface area (Å²) in [5.41, 5.74) is 1.45. The van der Waals surface area contributed by atoms with E-state index in [-0.39, 0.29) is 17.4 Å². The first-order chi connectivity index (χ1) is 10.1. The van der Waals surface area contributed by atoms with Crippen LogP contribution in [0.25, 0.3) is 0 Å². The molecule has 5 nitrogen and oxygen atoms in total. The molecular weight excluding hydrogens is 270 g/mol. The van der Waals surface area contributed by atoms with E-state index in [0.29, 0.717) is 12.3 Å². The second-order valence-corrected chi connectivity index (χ2v) is 4.78. The topological polar surface area (TPSA) is 75.6 Å². The molecule has 2 N–H and O–H groups in total. The fraction of sp³-hybridized carbons (Fsp3) is 0.125. The molecule has 0 saturated carbocycles. The third kappa shape index (κ3) is 2.58. The molecule has 0 aromatic heterocycles. The summed E-state index contributed by atoms with van der Waals surface area (Å²) in [4.78, 5) is 23.2. The standard InChI is InChI=1S/C16H13NO4/c18-15(13-9-21-14-7-2-1-6-12(13)14)17-11-5-3-4-10(8-11)16(19)20/h1-8,13H,9H2,(H,17,18)(H,19,20). The van der Waals surface area contributed by atoms with Gasteiger partial charge >= 0.3 is 5.97 Å². The van der Waals surface area contributed by atoms with E-state index in [9.17, 15) is 9.59 Å². The van der Waals surface area contributed by atoms with Gasteiger partial charge in [0.1, 0.15) is 18.3 Å². The number of para-hydroxylation sites is 1. The van der Waals surface area contributed by atoms with Crippen molar-refractivity contribution < 1.29 is 19.4 Å². The predicted octanol–water partition coefficient (Wildman–Crippen LogP) is 2.50. The predicted molar refractivity (Wildman–Crippen MR) is 76.7 cm³/mol. The Morgan fingerprint density at radius 2 is 1.95 bits per heavy atom. The molecule has 2 aromatic carbocycles. The number of fused-ring (bicyclic) bond motifs is 1. The van der Waals surface area contributed by atoms with Crippen LogP contribution < -0.4 is 10.1 Å². The van der Waals surface area contributed by atoms with Gasteiger partial charge in [-0.3, -0.25) is 4.79 Å². The van der Waals surface area contributed by atoms with Crippen molar-refractivity contribution >= 4 is 17.6 Å².